The molecule has 0 spiro atoms. The summed E-state index contributed by atoms with van der Waals surface area (Å²) in [4.78, 5) is 44.5. The topological polar surface area (TPSA) is 101 Å². The fourth-order valence-electron chi connectivity index (χ4n) is 3.67. The van der Waals surface area contributed by atoms with E-state index < -0.39 is 11.5 Å². The van der Waals surface area contributed by atoms with Crippen LogP contribution in [0.15, 0.2) is 59.5 Å². The molecule has 0 aliphatic heterocycles. The molecule has 0 unspecified atom stereocenters. The van der Waals surface area contributed by atoms with E-state index in [0.717, 1.165) is 5.56 Å². The van der Waals surface area contributed by atoms with E-state index in [0.29, 0.717) is 42.3 Å². The molecule has 7 heteroatoms. The molecule has 4 rings (SSSR count). The predicted octanol–water partition coefficient (Wildman–Crippen LogP) is 3.76. The van der Waals surface area contributed by atoms with Crippen LogP contribution in [0.2, 0.25) is 0 Å². The van der Waals surface area contributed by atoms with Gasteiger partial charge in [0.25, 0.3) is 11.5 Å². The molecular formula is C24H23N3O4. The van der Waals surface area contributed by atoms with Gasteiger partial charge in [0.15, 0.2) is 5.78 Å². The number of H-pyrrole nitrogens is 1. The minimum absolute atomic E-state index is 0.0712. The molecule has 0 saturated heterocycles. The predicted molar refractivity (Wildman–Crippen MR) is 116 cm³/mol. The average molecular weight is 417 g/mol. The van der Waals surface area contributed by atoms with E-state index >= 15 is 0 Å². The molecule has 0 fully saturated rings. The molecule has 1 amide bonds. The maximum Gasteiger partial charge on any atom is 0.261 e. The van der Waals surface area contributed by atoms with E-state index in [4.69, 9.17) is 4.74 Å². The first-order valence-corrected chi connectivity index (χ1v) is 10.0. The van der Waals surface area contributed by atoms with E-state index in [1.54, 1.807) is 12.1 Å². The normalized spacial score (nSPS) is 14.6. The zero-order valence-electron chi connectivity index (χ0n) is 17.4. The molecule has 1 aromatic carbocycles. The van der Waals surface area contributed by atoms with Gasteiger partial charge >= 0.3 is 0 Å². The Bertz CT molecular complexity index is 1180. The zero-order valence-corrected chi connectivity index (χ0v) is 17.4. The highest BCUT2D eigenvalue weighted by atomic mass is 16.5. The Labute approximate surface area is 179 Å². The number of carbonyl (C=O) groups excluding carboxylic acids is 2. The number of hydrogen-bond donors (Lipinski definition) is 2. The number of aromatic nitrogens is 2. The highest BCUT2D eigenvalue weighted by Gasteiger charge is 2.32. The van der Waals surface area contributed by atoms with Crippen molar-refractivity contribution >= 4 is 17.4 Å². The number of pyridine rings is 2. The second-order valence-electron chi connectivity index (χ2n) is 8.46. The van der Waals surface area contributed by atoms with Gasteiger partial charge in [-0.25, -0.2) is 4.98 Å². The molecule has 1 aliphatic carbocycles. The molecule has 2 heterocycles. The van der Waals surface area contributed by atoms with Gasteiger partial charge in [-0.15, -0.1) is 0 Å². The van der Waals surface area contributed by atoms with Crippen molar-refractivity contribution in [1.82, 2.24) is 9.97 Å². The summed E-state index contributed by atoms with van der Waals surface area (Å²) in [6, 6.07) is 14.4. The summed E-state index contributed by atoms with van der Waals surface area (Å²) in [6.07, 6.45) is 2.42. The summed E-state index contributed by atoms with van der Waals surface area (Å²) in [5, 5.41) is 2.65. The van der Waals surface area contributed by atoms with E-state index in [2.05, 4.69) is 15.3 Å². The zero-order chi connectivity index (χ0) is 22.0. The molecule has 0 saturated carbocycles. The van der Waals surface area contributed by atoms with Crippen molar-refractivity contribution in [1.29, 1.82) is 0 Å². The number of hydrogen-bond acceptors (Lipinski definition) is 5. The molecule has 0 bridgehead atoms. The van der Waals surface area contributed by atoms with Gasteiger partial charge in [0, 0.05) is 23.7 Å². The van der Waals surface area contributed by atoms with Crippen molar-refractivity contribution in [2.75, 3.05) is 5.32 Å². The van der Waals surface area contributed by atoms with Crippen molar-refractivity contribution in [3.05, 3.63) is 87.5 Å². The van der Waals surface area contributed by atoms with Gasteiger partial charge in [0.1, 0.15) is 12.2 Å². The number of rotatable bonds is 5. The van der Waals surface area contributed by atoms with Crippen LogP contribution in [0, 0.1) is 5.41 Å². The van der Waals surface area contributed by atoms with Crippen LogP contribution in [0.5, 0.6) is 5.88 Å². The van der Waals surface area contributed by atoms with Crippen LogP contribution in [0.3, 0.4) is 0 Å². The summed E-state index contributed by atoms with van der Waals surface area (Å²) in [6.45, 7) is 4.34. The first-order chi connectivity index (χ1) is 14.8. The number of nitrogens with one attached hydrogen (secondary N) is 2. The number of nitrogens with zero attached hydrogens (tertiary/aromatic N) is 1. The van der Waals surface area contributed by atoms with Gasteiger partial charge in [-0.05, 0) is 29.5 Å². The smallest absolute Gasteiger partial charge is 0.261 e. The maximum absolute atomic E-state index is 12.6. The first kappa shape index (κ1) is 20.5. The summed E-state index contributed by atoms with van der Waals surface area (Å²) in [7, 11) is 0. The fourth-order valence-corrected chi connectivity index (χ4v) is 3.67. The summed E-state index contributed by atoms with van der Waals surface area (Å²) in [5.41, 5.74) is 1.60. The highest BCUT2D eigenvalue weighted by molar-refractivity contribution is 6.06. The molecule has 0 radical (unpaired) electrons. The van der Waals surface area contributed by atoms with E-state index in [9.17, 15) is 14.4 Å². The number of ketones is 1. The quantitative estimate of drug-likeness (QED) is 0.658. The number of aromatic amines is 1. The molecule has 3 aromatic rings. The van der Waals surface area contributed by atoms with Crippen LogP contribution >= 0.6 is 0 Å². The van der Waals surface area contributed by atoms with Gasteiger partial charge in [-0.3, -0.25) is 14.4 Å². The summed E-state index contributed by atoms with van der Waals surface area (Å²) < 4.78 is 5.63. The van der Waals surface area contributed by atoms with Crippen LogP contribution in [-0.4, -0.2) is 21.7 Å². The second-order valence-corrected chi connectivity index (χ2v) is 8.46. The lowest BCUT2D eigenvalue weighted by Crippen LogP contribution is -2.32. The maximum atomic E-state index is 12.6. The average Bonchev–Trinajstić information content (AvgIpc) is 2.72. The van der Waals surface area contributed by atoms with Crippen molar-refractivity contribution in [3.8, 4) is 5.88 Å². The Morgan fingerprint density at radius 3 is 2.61 bits per heavy atom. The minimum atomic E-state index is -0.596. The van der Waals surface area contributed by atoms with Crippen LogP contribution in [0.1, 0.15) is 52.2 Å². The molecule has 1 aliphatic rings. The molecule has 2 N–H and O–H groups in total. The second kappa shape index (κ2) is 8.18. The third-order valence-electron chi connectivity index (χ3n) is 5.19. The number of amides is 1. The van der Waals surface area contributed by atoms with Crippen molar-refractivity contribution in [2.45, 2.75) is 33.3 Å². The Kier molecular flexibility index (Phi) is 5.42. The number of benzene rings is 1. The van der Waals surface area contributed by atoms with Crippen LogP contribution in [0.25, 0.3) is 0 Å². The van der Waals surface area contributed by atoms with Crippen molar-refractivity contribution in [2.24, 2.45) is 5.41 Å². The van der Waals surface area contributed by atoms with Gasteiger partial charge in [0.05, 0.1) is 11.9 Å². The third-order valence-corrected chi connectivity index (χ3v) is 5.19. The largest absolute Gasteiger partial charge is 0.473 e. The number of Topliss-reactive ketones (excluding diaryl/α,β-unsaturated/α-hetero) is 1. The Balaban J connectivity index is 1.45. The van der Waals surface area contributed by atoms with Crippen LogP contribution in [-0.2, 0) is 13.0 Å². The van der Waals surface area contributed by atoms with Gasteiger partial charge in [-0.2, -0.15) is 0 Å². The molecule has 7 nitrogen and oxygen atoms in total. The van der Waals surface area contributed by atoms with E-state index in [1.807, 2.05) is 44.2 Å². The van der Waals surface area contributed by atoms with Crippen LogP contribution in [0.4, 0.5) is 5.69 Å². The Morgan fingerprint density at radius 2 is 1.90 bits per heavy atom. The first-order valence-electron chi connectivity index (χ1n) is 10.0. The minimum Gasteiger partial charge on any atom is -0.473 e. The third kappa shape index (κ3) is 4.71. The van der Waals surface area contributed by atoms with E-state index in [-0.39, 0.29) is 16.8 Å². The molecular weight excluding hydrogens is 394 g/mol. The number of fused-ring (bicyclic) bond motifs is 1. The molecule has 158 valence electrons. The lowest BCUT2D eigenvalue weighted by Gasteiger charge is -2.29. The highest BCUT2D eigenvalue weighted by Crippen LogP contribution is 2.33. The lowest BCUT2D eigenvalue weighted by atomic mass is 9.75. The number of ether oxygens (including phenoxy) is 1. The SMILES string of the molecule is CC1(C)CC(=O)c2cc(C(=O)Nc3ccc(OCc4ccccc4)nc3)c(=O)[nH]c2C1. The lowest BCUT2D eigenvalue weighted by molar-refractivity contribution is 0.0910. The van der Waals surface area contributed by atoms with Gasteiger partial charge < -0.3 is 15.0 Å². The summed E-state index contributed by atoms with van der Waals surface area (Å²) in [5.74, 6) is -0.249. The molecule has 2 aromatic heterocycles. The van der Waals surface area contributed by atoms with Crippen molar-refractivity contribution < 1.29 is 14.3 Å². The van der Waals surface area contributed by atoms with Crippen LogP contribution < -0.4 is 15.6 Å². The molecule has 0 atom stereocenters. The summed E-state index contributed by atoms with van der Waals surface area (Å²) >= 11 is 0. The monoisotopic (exact) mass is 417 g/mol. The Morgan fingerprint density at radius 1 is 1.13 bits per heavy atom. The van der Waals surface area contributed by atoms with Gasteiger partial charge in [-0.1, -0.05) is 44.2 Å². The number of carbonyl (C=O) groups is 2. The van der Waals surface area contributed by atoms with Crippen molar-refractivity contribution in [3.63, 3.8) is 0 Å². The number of anilines is 1. The standard InChI is InChI=1S/C24H23N3O4/c1-24(2)11-19-17(20(28)12-24)10-18(23(30)27-19)22(29)26-16-8-9-21(25-13-16)31-14-15-6-4-3-5-7-15/h3-10,13H,11-12,14H2,1-2H3,(H,26,29)(H,27,30). The molecule has 31 heavy (non-hydrogen) atoms. The Hall–Kier alpha value is -3.74. The van der Waals surface area contributed by atoms with E-state index in [1.165, 1.54) is 12.3 Å². The van der Waals surface area contributed by atoms with Gasteiger partial charge in [0.2, 0.25) is 5.88 Å². The fraction of sp³-hybridized carbons (Fsp3) is 0.250.